The first-order valence-electron chi connectivity index (χ1n) is 13.6. The number of hydrogen-bond donors (Lipinski definition) is 3. The van der Waals surface area contributed by atoms with Gasteiger partial charge in [-0.05, 0) is 12.8 Å². The molecule has 0 rings (SSSR count). The minimum atomic E-state index is -2.61. The van der Waals surface area contributed by atoms with E-state index in [2.05, 4.69) is 13.8 Å². The molecule has 8 nitrogen and oxygen atoms in total. The number of ether oxygens (including phenoxy) is 1. The Hall–Kier alpha value is -2.12. The van der Waals surface area contributed by atoms with E-state index in [0.29, 0.717) is 19.3 Å². The lowest BCUT2D eigenvalue weighted by Crippen LogP contribution is -2.54. The molecule has 0 aliphatic heterocycles. The Bertz CT molecular complexity index is 618. The predicted molar refractivity (Wildman–Crippen MR) is 134 cm³/mol. The summed E-state index contributed by atoms with van der Waals surface area (Å²) in [6.07, 6.45) is 14.6. The van der Waals surface area contributed by atoms with Gasteiger partial charge in [0, 0.05) is 6.42 Å². The van der Waals surface area contributed by atoms with Gasteiger partial charge in [0.25, 0.3) is 0 Å². The highest BCUT2D eigenvalue weighted by atomic mass is 16.6. The molecule has 0 fully saturated rings. The molecule has 8 heteroatoms. The van der Waals surface area contributed by atoms with Crippen molar-refractivity contribution in [3.05, 3.63) is 0 Å². The van der Waals surface area contributed by atoms with E-state index in [4.69, 9.17) is 4.74 Å². The van der Waals surface area contributed by atoms with Gasteiger partial charge in [-0.1, -0.05) is 110 Å². The molecule has 204 valence electrons. The molecule has 0 aromatic rings. The molecule has 0 radical (unpaired) electrons. The fourth-order valence-corrected chi connectivity index (χ4v) is 4.42. The summed E-state index contributed by atoms with van der Waals surface area (Å²) >= 11 is 0. The molecular formula is C27H48O8. The molecule has 0 spiro atoms. The van der Waals surface area contributed by atoms with Gasteiger partial charge >= 0.3 is 23.9 Å². The Morgan fingerprint density at radius 3 is 1.49 bits per heavy atom. The van der Waals surface area contributed by atoms with E-state index in [9.17, 15) is 34.5 Å². The highest BCUT2D eigenvalue weighted by Gasteiger charge is 2.54. The van der Waals surface area contributed by atoms with Crippen LogP contribution >= 0.6 is 0 Å². The van der Waals surface area contributed by atoms with E-state index in [-0.39, 0.29) is 12.8 Å². The van der Waals surface area contributed by atoms with Crippen molar-refractivity contribution in [2.24, 2.45) is 5.92 Å². The molecule has 0 heterocycles. The van der Waals surface area contributed by atoms with Gasteiger partial charge in [0.05, 0.1) is 6.42 Å². The van der Waals surface area contributed by atoms with E-state index in [1.54, 1.807) is 0 Å². The summed E-state index contributed by atoms with van der Waals surface area (Å²) < 4.78 is 5.19. The maximum atomic E-state index is 12.4. The van der Waals surface area contributed by atoms with Crippen LogP contribution < -0.4 is 0 Å². The Morgan fingerprint density at radius 2 is 1.09 bits per heavy atom. The lowest BCUT2D eigenvalue weighted by molar-refractivity contribution is -0.195. The first kappa shape index (κ1) is 32.9. The van der Waals surface area contributed by atoms with Crippen molar-refractivity contribution < 1.29 is 39.2 Å². The summed E-state index contributed by atoms with van der Waals surface area (Å²) in [5.74, 6) is -7.20. The minimum absolute atomic E-state index is 0.0598. The van der Waals surface area contributed by atoms with Crippen LogP contribution in [0.15, 0.2) is 0 Å². The Balaban J connectivity index is 4.88. The van der Waals surface area contributed by atoms with Crippen molar-refractivity contribution >= 4 is 23.9 Å². The second-order valence-corrected chi connectivity index (χ2v) is 9.62. The molecule has 0 saturated carbocycles. The van der Waals surface area contributed by atoms with E-state index in [1.807, 2.05) is 0 Å². The van der Waals surface area contributed by atoms with Crippen LogP contribution in [-0.4, -0.2) is 44.8 Å². The summed E-state index contributed by atoms with van der Waals surface area (Å²) in [4.78, 5) is 48.0. The van der Waals surface area contributed by atoms with Crippen LogP contribution in [0.4, 0.5) is 0 Å². The minimum Gasteiger partial charge on any atom is -0.481 e. The largest absolute Gasteiger partial charge is 0.481 e. The molecular weight excluding hydrogens is 452 g/mol. The lowest BCUT2D eigenvalue weighted by Gasteiger charge is -2.33. The third-order valence-electron chi connectivity index (χ3n) is 6.51. The number of esters is 1. The van der Waals surface area contributed by atoms with Crippen LogP contribution in [0.5, 0.6) is 0 Å². The Kier molecular flexibility index (Phi) is 18.9. The number of rotatable bonds is 24. The van der Waals surface area contributed by atoms with Crippen molar-refractivity contribution in [1.29, 1.82) is 0 Å². The second kappa shape index (κ2) is 20.1. The van der Waals surface area contributed by atoms with Crippen molar-refractivity contribution in [2.45, 2.75) is 141 Å². The maximum absolute atomic E-state index is 12.4. The summed E-state index contributed by atoms with van der Waals surface area (Å²) in [7, 11) is 0. The average molecular weight is 501 g/mol. The topological polar surface area (TPSA) is 138 Å². The number of carbonyl (C=O) groups is 4. The van der Waals surface area contributed by atoms with Crippen LogP contribution in [0.3, 0.4) is 0 Å². The predicted octanol–water partition coefficient (Wildman–Crippen LogP) is 6.59. The van der Waals surface area contributed by atoms with Gasteiger partial charge in [0.1, 0.15) is 5.92 Å². The van der Waals surface area contributed by atoms with E-state index >= 15 is 0 Å². The first-order chi connectivity index (χ1) is 16.7. The molecule has 0 aromatic carbocycles. The normalized spacial score (nSPS) is 13.7. The molecule has 0 amide bonds. The van der Waals surface area contributed by atoms with Crippen LogP contribution in [0.1, 0.15) is 136 Å². The van der Waals surface area contributed by atoms with Gasteiger partial charge in [-0.3, -0.25) is 14.4 Å². The number of unbranched alkanes of at least 4 members (excludes halogenated alkanes) is 14. The van der Waals surface area contributed by atoms with Gasteiger partial charge in [-0.15, -0.1) is 0 Å². The van der Waals surface area contributed by atoms with Crippen molar-refractivity contribution in [3.8, 4) is 0 Å². The molecule has 2 atom stereocenters. The van der Waals surface area contributed by atoms with Crippen molar-refractivity contribution in [2.75, 3.05) is 0 Å². The monoisotopic (exact) mass is 500 g/mol. The van der Waals surface area contributed by atoms with Crippen LogP contribution in [0, 0.1) is 5.92 Å². The quantitative estimate of drug-likeness (QED) is 0.0996. The summed E-state index contributed by atoms with van der Waals surface area (Å²) in [6.45, 7) is 4.25. The molecule has 35 heavy (non-hydrogen) atoms. The molecule has 2 unspecified atom stereocenters. The standard InChI is InChI=1S/C27H48O8/c1-3-5-7-9-10-11-12-13-14-16-17-19-22(25(31)32)27(26(33)34,21-23(28)29)35-24(30)20-18-15-8-6-4-2/h22H,3-21H2,1-2H3,(H,28,29)(H,31,32)(H,33,34). The van der Waals surface area contributed by atoms with Gasteiger partial charge in [-0.25, -0.2) is 4.79 Å². The smallest absolute Gasteiger partial charge is 0.349 e. The molecule has 0 aromatic heterocycles. The number of hydrogen-bond acceptors (Lipinski definition) is 5. The van der Waals surface area contributed by atoms with Crippen LogP contribution in [0.2, 0.25) is 0 Å². The Labute approximate surface area is 210 Å². The van der Waals surface area contributed by atoms with Crippen LogP contribution in [0.25, 0.3) is 0 Å². The number of carboxylic acids is 3. The number of aliphatic carboxylic acids is 3. The average Bonchev–Trinajstić information content (AvgIpc) is 2.78. The third kappa shape index (κ3) is 14.8. The SMILES string of the molecule is CCCCCCCCCCCCCC(C(=O)O)C(CC(=O)O)(OC(=O)CCCCCCC)C(=O)O. The van der Waals surface area contributed by atoms with Gasteiger partial charge < -0.3 is 20.1 Å². The van der Waals surface area contributed by atoms with E-state index in [1.165, 1.54) is 38.5 Å². The second-order valence-electron chi connectivity index (χ2n) is 9.62. The van der Waals surface area contributed by atoms with E-state index in [0.717, 1.165) is 44.9 Å². The zero-order valence-corrected chi connectivity index (χ0v) is 21.9. The highest BCUT2D eigenvalue weighted by Crippen LogP contribution is 2.33. The number of carboxylic acid groups (broad SMARTS) is 3. The van der Waals surface area contributed by atoms with Gasteiger partial charge in [0.2, 0.25) is 5.60 Å². The summed E-state index contributed by atoms with van der Waals surface area (Å²) in [5, 5.41) is 29.0. The van der Waals surface area contributed by atoms with Crippen LogP contribution in [-0.2, 0) is 23.9 Å². The summed E-state index contributed by atoms with van der Waals surface area (Å²) in [5.41, 5.74) is -2.61. The molecule has 0 saturated heterocycles. The number of carbonyl (C=O) groups excluding carboxylic acids is 1. The van der Waals surface area contributed by atoms with Gasteiger partial charge in [0.15, 0.2) is 0 Å². The van der Waals surface area contributed by atoms with Gasteiger partial charge in [-0.2, -0.15) is 0 Å². The zero-order chi connectivity index (χ0) is 26.5. The molecule has 0 aliphatic rings. The fraction of sp³-hybridized carbons (Fsp3) is 0.852. The fourth-order valence-electron chi connectivity index (χ4n) is 4.42. The highest BCUT2D eigenvalue weighted by molar-refractivity contribution is 5.92. The maximum Gasteiger partial charge on any atom is 0.349 e. The molecule has 0 aliphatic carbocycles. The van der Waals surface area contributed by atoms with Crippen molar-refractivity contribution in [3.63, 3.8) is 0 Å². The molecule has 0 bridgehead atoms. The summed E-state index contributed by atoms with van der Waals surface area (Å²) in [6, 6.07) is 0. The lowest BCUT2D eigenvalue weighted by atomic mass is 9.80. The zero-order valence-electron chi connectivity index (χ0n) is 21.9. The first-order valence-corrected chi connectivity index (χ1v) is 13.6. The Morgan fingerprint density at radius 1 is 0.657 bits per heavy atom. The van der Waals surface area contributed by atoms with E-state index < -0.39 is 41.8 Å². The molecule has 3 N–H and O–H groups in total. The third-order valence-corrected chi connectivity index (χ3v) is 6.51. The van der Waals surface area contributed by atoms with Crippen molar-refractivity contribution in [1.82, 2.24) is 0 Å².